The number of amides is 2. The molecular weight excluding hydrogens is 569 g/mol. The van der Waals surface area contributed by atoms with Crippen molar-refractivity contribution in [3.8, 4) is 0 Å². The number of rotatable bonds is 13. The molecular formula is C30H35Cl2N3O4S. The number of nitrogens with zero attached hydrogens (tertiary/aromatic N) is 2. The molecule has 1 N–H and O–H groups in total. The first kappa shape index (κ1) is 31.5. The predicted octanol–water partition coefficient (Wildman–Crippen LogP) is 6.08. The number of halogens is 2. The molecule has 0 radical (unpaired) electrons. The second-order valence-corrected chi connectivity index (χ2v) is 12.1. The molecule has 3 rings (SSSR count). The third-order valence-corrected chi connectivity index (χ3v) is 9.10. The number of anilines is 1. The third-order valence-electron chi connectivity index (χ3n) is 6.58. The Balaban J connectivity index is 2.00. The van der Waals surface area contributed by atoms with E-state index in [9.17, 15) is 18.0 Å². The van der Waals surface area contributed by atoms with E-state index in [0.29, 0.717) is 27.8 Å². The zero-order valence-corrected chi connectivity index (χ0v) is 25.3. The minimum absolute atomic E-state index is 0.0338. The Hall–Kier alpha value is -3.07. The third kappa shape index (κ3) is 7.99. The first-order valence-corrected chi connectivity index (χ1v) is 15.5. The summed E-state index contributed by atoms with van der Waals surface area (Å²) in [4.78, 5) is 28.4. The van der Waals surface area contributed by atoms with Crippen LogP contribution in [0.1, 0.15) is 44.7 Å². The van der Waals surface area contributed by atoms with E-state index in [1.807, 2.05) is 26.0 Å². The van der Waals surface area contributed by atoms with Crippen molar-refractivity contribution < 1.29 is 18.0 Å². The maximum atomic E-state index is 13.9. The minimum Gasteiger partial charge on any atom is -0.354 e. The van der Waals surface area contributed by atoms with Crippen molar-refractivity contribution in [2.75, 3.05) is 17.4 Å². The first-order chi connectivity index (χ1) is 19.1. The molecule has 0 aliphatic rings. The van der Waals surface area contributed by atoms with Gasteiger partial charge in [0.25, 0.3) is 10.0 Å². The van der Waals surface area contributed by atoms with E-state index in [1.165, 1.54) is 17.0 Å². The standard InChI is InChI=1S/C30H35Cl2N3O4S/c1-4-6-18-33-30(37)22(3)34(20-24-14-17-27(31)28(32)19-24)29(36)21-35(25-15-12-23(5-2)13-16-25)40(38,39)26-10-8-7-9-11-26/h7-17,19,22H,4-6,18,20-21H2,1-3H3,(H,33,37)/t22-/m0/s1. The van der Waals surface area contributed by atoms with Crippen molar-refractivity contribution in [1.29, 1.82) is 0 Å². The van der Waals surface area contributed by atoms with Crippen molar-refractivity contribution in [1.82, 2.24) is 10.2 Å². The second-order valence-electron chi connectivity index (χ2n) is 9.44. The topological polar surface area (TPSA) is 86.8 Å². The quantitative estimate of drug-likeness (QED) is 0.240. The molecule has 2 amide bonds. The van der Waals surface area contributed by atoms with Gasteiger partial charge in [-0.1, -0.05) is 79.9 Å². The summed E-state index contributed by atoms with van der Waals surface area (Å²) >= 11 is 12.3. The lowest BCUT2D eigenvalue weighted by Crippen LogP contribution is -2.51. The number of hydrogen-bond donors (Lipinski definition) is 1. The Morgan fingerprint density at radius 3 is 2.15 bits per heavy atom. The highest BCUT2D eigenvalue weighted by Crippen LogP contribution is 2.26. The molecule has 3 aromatic rings. The molecule has 0 saturated carbocycles. The lowest BCUT2D eigenvalue weighted by atomic mass is 10.1. The predicted molar refractivity (Wildman–Crippen MR) is 161 cm³/mol. The van der Waals surface area contributed by atoms with E-state index in [0.717, 1.165) is 29.1 Å². The van der Waals surface area contributed by atoms with Crippen LogP contribution in [-0.4, -0.2) is 44.3 Å². The lowest BCUT2D eigenvalue weighted by Gasteiger charge is -2.32. The molecule has 0 fully saturated rings. The SMILES string of the molecule is CCCCNC(=O)[C@H](C)N(Cc1ccc(Cl)c(Cl)c1)C(=O)CN(c1ccc(CC)cc1)S(=O)(=O)c1ccccc1. The van der Waals surface area contributed by atoms with Crippen LogP contribution in [0, 0.1) is 0 Å². The van der Waals surface area contributed by atoms with Gasteiger partial charge in [-0.2, -0.15) is 0 Å². The average molecular weight is 605 g/mol. The van der Waals surface area contributed by atoms with Gasteiger partial charge in [-0.05, 0) is 67.3 Å². The van der Waals surface area contributed by atoms with Gasteiger partial charge in [0.1, 0.15) is 12.6 Å². The van der Waals surface area contributed by atoms with Crippen LogP contribution < -0.4 is 9.62 Å². The molecule has 0 saturated heterocycles. The molecule has 0 bridgehead atoms. The number of unbranched alkanes of at least 4 members (excludes halogenated alkanes) is 1. The Kier molecular flexibility index (Phi) is 11.4. The summed E-state index contributed by atoms with van der Waals surface area (Å²) < 4.78 is 28.7. The van der Waals surface area contributed by atoms with Gasteiger partial charge in [0, 0.05) is 13.1 Å². The van der Waals surface area contributed by atoms with Crippen molar-refractivity contribution in [2.24, 2.45) is 0 Å². The van der Waals surface area contributed by atoms with Crippen LogP contribution in [0.15, 0.2) is 77.7 Å². The van der Waals surface area contributed by atoms with Crippen LogP contribution in [-0.2, 0) is 32.6 Å². The van der Waals surface area contributed by atoms with Gasteiger partial charge >= 0.3 is 0 Å². The number of hydrogen-bond acceptors (Lipinski definition) is 4. The van der Waals surface area contributed by atoms with Crippen molar-refractivity contribution >= 4 is 50.7 Å². The van der Waals surface area contributed by atoms with Gasteiger partial charge in [0.15, 0.2) is 0 Å². The van der Waals surface area contributed by atoms with Crippen LogP contribution in [0.2, 0.25) is 10.0 Å². The molecule has 10 heteroatoms. The smallest absolute Gasteiger partial charge is 0.264 e. The summed E-state index contributed by atoms with van der Waals surface area (Å²) in [6, 6.07) is 19.1. The Bertz CT molecular complexity index is 1400. The molecule has 0 unspecified atom stereocenters. The normalized spacial score (nSPS) is 12.0. The Morgan fingerprint density at radius 1 is 0.900 bits per heavy atom. The van der Waals surface area contributed by atoms with Crippen molar-refractivity contribution in [3.05, 3.63) is 94.0 Å². The molecule has 3 aromatic carbocycles. The van der Waals surface area contributed by atoms with E-state index in [4.69, 9.17) is 23.2 Å². The fourth-order valence-corrected chi connectivity index (χ4v) is 5.86. The summed E-state index contributed by atoms with van der Waals surface area (Å²) in [5.74, 6) is -0.866. The molecule has 214 valence electrons. The zero-order chi connectivity index (χ0) is 29.3. The number of aryl methyl sites for hydroxylation is 1. The molecule has 0 heterocycles. The number of carbonyl (C=O) groups excluding carboxylic acids is 2. The van der Waals surface area contributed by atoms with Crippen molar-refractivity contribution in [2.45, 2.75) is 57.5 Å². The van der Waals surface area contributed by atoms with Gasteiger partial charge < -0.3 is 10.2 Å². The fourth-order valence-electron chi connectivity index (χ4n) is 4.10. The highest BCUT2D eigenvalue weighted by molar-refractivity contribution is 7.92. The number of benzene rings is 3. The number of sulfonamides is 1. The molecule has 7 nitrogen and oxygen atoms in total. The fraction of sp³-hybridized carbons (Fsp3) is 0.333. The van der Waals surface area contributed by atoms with Crippen LogP contribution in [0.25, 0.3) is 0 Å². The van der Waals surface area contributed by atoms with Crippen LogP contribution >= 0.6 is 23.2 Å². The molecule has 40 heavy (non-hydrogen) atoms. The monoisotopic (exact) mass is 603 g/mol. The van der Waals surface area contributed by atoms with Crippen LogP contribution in [0.3, 0.4) is 0 Å². The van der Waals surface area contributed by atoms with Gasteiger partial charge in [-0.3, -0.25) is 13.9 Å². The maximum Gasteiger partial charge on any atom is 0.264 e. The first-order valence-electron chi connectivity index (χ1n) is 13.3. The van der Waals surface area contributed by atoms with E-state index < -0.39 is 28.5 Å². The Labute approximate surface area is 247 Å². The van der Waals surface area contributed by atoms with Crippen LogP contribution in [0.4, 0.5) is 5.69 Å². The summed E-state index contributed by atoms with van der Waals surface area (Å²) in [5.41, 5.74) is 2.04. The second kappa shape index (κ2) is 14.5. The van der Waals surface area contributed by atoms with Gasteiger partial charge in [0.2, 0.25) is 11.8 Å². The number of nitrogens with one attached hydrogen (secondary N) is 1. The highest BCUT2D eigenvalue weighted by Gasteiger charge is 2.32. The molecule has 0 aliphatic carbocycles. The number of carbonyl (C=O) groups is 2. The maximum absolute atomic E-state index is 13.9. The summed E-state index contributed by atoms with van der Waals surface area (Å²) in [6.45, 7) is 5.66. The van der Waals surface area contributed by atoms with Gasteiger partial charge in [0.05, 0.1) is 20.6 Å². The summed E-state index contributed by atoms with van der Waals surface area (Å²) in [5, 5.41) is 3.55. The molecule has 0 spiro atoms. The van der Waals surface area contributed by atoms with E-state index in [-0.39, 0.29) is 17.3 Å². The highest BCUT2D eigenvalue weighted by atomic mass is 35.5. The zero-order valence-electron chi connectivity index (χ0n) is 22.9. The van der Waals surface area contributed by atoms with Gasteiger partial charge in [-0.15, -0.1) is 0 Å². The molecule has 0 aromatic heterocycles. The van der Waals surface area contributed by atoms with Gasteiger partial charge in [-0.25, -0.2) is 8.42 Å². The largest absolute Gasteiger partial charge is 0.354 e. The molecule has 0 aliphatic heterocycles. The van der Waals surface area contributed by atoms with E-state index in [2.05, 4.69) is 5.32 Å². The van der Waals surface area contributed by atoms with E-state index >= 15 is 0 Å². The van der Waals surface area contributed by atoms with Crippen LogP contribution in [0.5, 0.6) is 0 Å². The van der Waals surface area contributed by atoms with Crippen molar-refractivity contribution in [3.63, 3.8) is 0 Å². The summed E-state index contributed by atoms with van der Waals surface area (Å²) in [6.07, 6.45) is 2.49. The minimum atomic E-state index is -4.10. The summed E-state index contributed by atoms with van der Waals surface area (Å²) in [7, 11) is -4.10. The van der Waals surface area contributed by atoms with E-state index in [1.54, 1.807) is 55.5 Å². The Morgan fingerprint density at radius 2 is 1.55 bits per heavy atom. The molecule has 1 atom stereocenters. The average Bonchev–Trinajstić information content (AvgIpc) is 2.96. The lowest BCUT2D eigenvalue weighted by molar-refractivity contribution is -0.139.